The molecule has 0 fully saturated rings. The number of sulfonamides is 1. The topological polar surface area (TPSA) is 63.5 Å². The smallest absolute Gasteiger partial charge is 0.279 e. The van der Waals surface area contributed by atoms with Crippen LogP contribution in [0.2, 0.25) is 0 Å². The first-order valence-electron chi connectivity index (χ1n) is 7.46. The van der Waals surface area contributed by atoms with Crippen LogP contribution in [0.25, 0.3) is 4.96 Å². The van der Waals surface area contributed by atoms with Crippen LogP contribution in [0.5, 0.6) is 0 Å². The van der Waals surface area contributed by atoms with E-state index in [2.05, 4.69) is 9.71 Å². The van der Waals surface area contributed by atoms with Crippen LogP contribution in [0, 0.1) is 19.7 Å². The van der Waals surface area contributed by atoms with Crippen LogP contribution >= 0.6 is 11.3 Å². The molecular formula is C16H18FN3O2S2. The summed E-state index contributed by atoms with van der Waals surface area (Å²) in [4.78, 5) is 6.01. The molecule has 5 nitrogen and oxygen atoms in total. The summed E-state index contributed by atoms with van der Waals surface area (Å²) in [7, 11) is -3.98. The minimum atomic E-state index is -3.98. The molecule has 1 aromatic carbocycles. The summed E-state index contributed by atoms with van der Waals surface area (Å²) < 4.78 is 43.8. The number of nitrogens with one attached hydrogen (secondary N) is 1. The molecular weight excluding hydrogens is 349 g/mol. The molecule has 8 heteroatoms. The van der Waals surface area contributed by atoms with E-state index in [0.29, 0.717) is 10.7 Å². The molecule has 1 N–H and O–H groups in total. The second-order valence-electron chi connectivity index (χ2n) is 6.04. The Morgan fingerprint density at radius 3 is 2.62 bits per heavy atom. The van der Waals surface area contributed by atoms with Crippen LogP contribution in [-0.4, -0.2) is 17.8 Å². The predicted molar refractivity (Wildman–Crippen MR) is 93.8 cm³/mol. The lowest BCUT2D eigenvalue weighted by Gasteiger charge is -2.11. The van der Waals surface area contributed by atoms with Gasteiger partial charge < -0.3 is 0 Å². The monoisotopic (exact) mass is 367 g/mol. The average Bonchev–Trinajstić information content (AvgIpc) is 2.97. The van der Waals surface area contributed by atoms with Gasteiger partial charge in [-0.15, -0.1) is 11.3 Å². The molecule has 0 aliphatic rings. The van der Waals surface area contributed by atoms with Gasteiger partial charge in [0, 0.05) is 11.1 Å². The van der Waals surface area contributed by atoms with E-state index < -0.39 is 15.8 Å². The van der Waals surface area contributed by atoms with E-state index in [9.17, 15) is 12.8 Å². The maximum absolute atomic E-state index is 14.1. The van der Waals surface area contributed by atoms with Gasteiger partial charge in [0.15, 0.2) is 9.99 Å². The first-order valence-corrected chi connectivity index (χ1v) is 9.76. The van der Waals surface area contributed by atoms with Crippen molar-refractivity contribution in [2.24, 2.45) is 0 Å². The molecule has 0 aliphatic carbocycles. The van der Waals surface area contributed by atoms with Crippen molar-refractivity contribution in [1.82, 2.24) is 9.38 Å². The Balaban J connectivity index is 2.15. The molecule has 3 rings (SSSR count). The number of benzene rings is 1. The van der Waals surface area contributed by atoms with Crippen LogP contribution in [0.15, 0.2) is 29.4 Å². The highest BCUT2D eigenvalue weighted by Gasteiger charge is 2.28. The molecule has 0 bridgehead atoms. The summed E-state index contributed by atoms with van der Waals surface area (Å²) in [6, 6.07) is 4.38. The fourth-order valence-electron chi connectivity index (χ4n) is 2.49. The summed E-state index contributed by atoms with van der Waals surface area (Å²) in [5.41, 5.74) is 1.12. The Hall–Kier alpha value is -1.93. The Kier molecular flexibility index (Phi) is 4.13. The van der Waals surface area contributed by atoms with E-state index in [0.717, 1.165) is 10.4 Å². The number of rotatable bonds is 4. The zero-order chi connectivity index (χ0) is 17.6. The molecule has 128 valence electrons. The van der Waals surface area contributed by atoms with Crippen LogP contribution in [-0.2, 0) is 10.0 Å². The number of hydrogen-bond acceptors (Lipinski definition) is 4. The van der Waals surface area contributed by atoms with Crippen molar-refractivity contribution in [1.29, 1.82) is 0 Å². The number of halogens is 1. The number of aromatic nitrogens is 2. The Morgan fingerprint density at radius 1 is 1.29 bits per heavy atom. The number of fused-ring (bicyclic) bond motifs is 1. The van der Waals surface area contributed by atoms with Crippen LogP contribution in [0.1, 0.15) is 35.9 Å². The zero-order valence-electron chi connectivity index (χ0n) is 13.8. The second kappa shape index (κ2) is 5.86. The Labute approximate surface area is 144 Å². The maximum Gasteiger partial charge on any atom is 0.279 e. The highest BCUT2D eigenvalue weighted by molar-refractivity contribution is 7.92. The van der Waals surface area contributed by atoms with E-state index >= 15 is 0 Å². The van der Waals surface area contributed by atoms with Crippen LogP contribution in [0.3, 0.4) is 0 Å². The molecule has 3 aromatic rings. The molecule has 0 aliphatic heterocycles. The molecule has 0 unspecified atom stereocenters. The van der Waals surface area contributed by atoms with Gasteiger partial charge in [-0.3, -0.25) is 9.12 Å². The summed E-state index contributed by atoms with van der Waals surface area (Å²) in [6.45, 7) is 7.39. The molecule has 0 radical (unpaired) electrons. The molecule has 2 heterocycles. The highest BCUT2D eigenvalue weighted by atomic mass is 32.2. The van der Waals surface area contributed by atoms with Gasteiger partial charge in [0.2, 0.25) is 0 Å². The third-order valence-electron chi connectivity index (χ3n) is 3.59. The standard InChI is InChI=1S/C16H18FN3O2S2/c1-9(2)14-15(20-8-11(4)23-16(20)18-14)24(21,22)19-13-6-5-10(3)7-12(13)17/h5-9,19H,1-4H3. The van der Waals surface area contributed by atoms with Crippen molar-refractivity contribution >= 4 is 32.0 Å². The van der Waals surface area contributed by atoms with Gasteiger partial charge in [0.25, 0.3) is 10.0 Å². The normalized spacial score (nSPS) is 12.2. The lowest BCUT2D eigenvalue weighted by molar-refractivity contribution is 0.590. The third-order valence-corrected chi connectivity index (χ3v) is 5.90. The maximum atomic E-state index is 14.1. The summed E-state index contributed by atoms with van der Waals surface area (Å²) in [6.07, 6.45) is 1.74. The Morgan fingerprint density at radius 2 is 2.00 bits per heavy atom. The van der Waals surface area contributed by atoms with Gasteiger partial charge in [-0.05, 0) is 37.5 Å². The minimum absolute atomic E-state index is 0.0665. The SMILES string of the molecule is Cc1ccc(NS(=O)(=O)c2c(C(C)C)nc3sc(C)cn23)c(F)c1. The number of nitrogens with zero attached hydrogens (tertiary/aromatic N) is 2. The molecule has 0 spiro atoms. The molecule has 2 aromatic heterocycles. The van der Waals surface area contributed by atoms with Gasteiger partial charge in [-0.2, -0.15) is 8.42 Å². The summed E-state index contributed by atoms with van der Waals surface area (Å²) >= 11 is 1.42. The lowest BCUT2D eigenvalue weighted by Crippen LogP contribution is -2.18. The number of aryl methyl sites for hydroxylation is 2. The first kappa shape index (κ1) is 16.9. The minimum Gasteiger partial charge on any atom is -0.279 e. The van der Waals surface area contributed by atoms with Gasteiger partial charge in [-0.25, -0.2) is 9.37 Å². The van der Waals surface area contributed by atoms with E-state index in [1.54, 1.807) is 23.6 Å². The molecule has 0 atom stereocenters. The van der Waals surface area contributed by atoms with Gasteiger partial charge in [0.05, 0.1) is 11.4 Å². The second-order valence-corrected chi connectivity index (χ2v) is 8.85. The predicted octanol–water partition coefficient (Wildman–Crippen LogP) is 4.08. The number of imidazole rings is 1. The van der Waals surface area contributed by atoms with Crippen LogP contribution < -0.4 is 4.72 Å². The quantitative estimate of drug-likeness (QED) is 0.756. The largest absolute Gasteiger partial charge is 0.279 e. The molecule has 0 saturated carbocycles. The van der Waals surface area contributed by atoms with E-state index in [1.165, 1.54) is 23.5 Å². The fourth-order valence-corrected chi connectivity index (χ4v) is 4.89. The van der Waals surface area contributed by atoms with Crippen LogP contribution in [0.4, 0.5) is 10.1 Å². The molecule has 24 heavy (non-hydrogen) atoms. The van der Waals surface area contributed by atoms with Crippen molar-refractivity contribution in [3.05, 3.63) is 46.3 Å². The summed E-state index contributed by atoms with van der Waals surface area (Å²) in [5, 5.41) is 0.0665. The van der Waals surface area contributed by atoms with Crippen molar-refractivity contribution in [2.75, 3.05) is 4.72 Å². The van der Waals surface area contributed by atoms with Crippen molar-refractivity contribution < 1.29 is 12.8 Å². The number of hydrogen-bond donors (Lipinski definition) is 1. The highest BCUT2D eigenvalue weighted by Crippen LogP contribution is 2.30. The first-order chi connectivity index (χ1) is 11.2. The van der Waals surface area contributed by atoms with E-state index in [-0.39, 0.29) is 16.6 Å². The fraction of sp³-hybridized carbons (Fsp3) is 0.312. The Bertz CT molecular complexity index is 1020. The molecule has 0 saturated heterocycles. The van der Waals surface area contributed by atoms with Gasteiger partial charge in [0.1, 0.15) is 5.82 Å². The lowest BCUT2D eigenvalue weighted by atomic mass is 10.2. The van der Waals surface area contributed by atoms with Crippen molar-refractivity contribution in [3.8, 4) is 0 Å². The van der Waals surface area contributed by atoms with E-state index in [1.807, 2.05) is 20.8 Å². The molecule has 0 amide bonds. The van der Waals surface area contributed by atoms with Gasteiger partial charge in [-0.1, -0.05) is 19.9 Å². The summed E-state index contributed by atoms with van der Waals surface area (Å²) in [5.74, 6) is -0.682. The van der Waals surface area contributed by atoms with Crippen molar-refractivity contribution in [2.45, 2.75) is 38.6 Å². The number of thiazole rings is 1. The van der Waals surface area contributed by atoms with Crippen molar-refractivity contribution in [3.63, 3.8) is 0 Å². The number of anilines is 1. The third kappa shape index (κ3) is 2.91. The zero-order valence-corrected chi connectivity index (χ0v) is 15.4. The van der Waals surface area contributed by atoms with E-state index in [4.69, 9.17) is 0 Å². The average molecular weight is 367 g/mol. The van der Waals surface area contributed by atoms with Gasteiger partial charge >= 0.3 is 0 Å².